The number of carbonyl (C=O) groups is 2. The van der Waals surface area contributed by atoms with Crippen molar-refractivity contribution in [3.8, 4) is 23.0 Å². The lowest BCUT2D eigenvalue weighted by Crippen LogP contribution is -2.13. The van der Waals surface area contributed by atoms with Gasteiger partial charge in [0.05, 0.1) is 26.9 Å². The Kier molecular flexibility index (Phi) is 6.82. The van der Waals surface area contributed by atoms with Crippen LogP contribution in [-0.4, -0.2) is 44.8 Å². The number of methoxy groups -OCH3 is 3. The van der Waals surface area contributed by atoms with E-state index in [1.807, 2.05) is 0 Å². The van der Waals surface area contributed by atoms with Crippen LogP contribution in [0.3, 0.4) is 0 Å². The zero-order valence-corrected chi connectivity index (χ0v) is 15.2. The third-order valence-electron chi connectivity index (χ3n) is 3.67. The maximum Gasteiger partial charge on any atom is 0.331 e. The summed E-state index contributed by atoms with van der Waals surface area (Å²) in [5.41, 5.74) is 0.888. The van der Waals surface area contributed by atoms with Crippen molar-refractivity contribution in [2.24, 2.45) is 0 Å². The molecule has 142 valence electrons. The molecule has 0 atom stereocenters. The van der Waals surface area contributed by atoms with Crippen molar-refractivity contribution in [3.05, 3.63) is 53.6 Å². The molecule has 0 aliphatic rings. The van der Waals surface area contributed by atoms with Crippen LogP contribution >= 0.6 is 0 Å². The summed E-state index contributed by atoms with van der Waals surface area (Å²) in [6.07, 6.45) is 2.67. The molecular weight excluding hydrogens is 352 g/mol. The highest BCUT2D eigenvalue weighted by Crippen LogP contribution is 2.27. The number of phenolic OH excluding ortho intramolecular Hbond substituents is 1. The highest BCUT2D eigenvalue weighted by molar-refractivity contribution is 6.01. The molecule has 0 radical (unpaired) electrons. The summed E-state index contributed by atoms with van der Waals surface area (Å²) in [6.45, 7) is -0.439. The minimum Gasteiger partial charge on any atom is -0.504 e. The molecule has 2 aromatic carbocycles. The molecule has 0 spiro atoms. The number of phenols is 1. The maximum atomic E-state index is 12.3. The van der Waals surface area contributed by atoms with Crippen LogP contribution in [0.4, 0.5) is 0 Å². The molecular formula is C20H20O7. The average Bonchev–Trinajstić information content (AvgIpc) is 2.70. The van der Waals surface area contributed by atoms with Crippen molar-refractivity contribution in [2.45, 2.75) is 0 Å². The fourth-order valence-electron chi connectivity index (χ4n) is 2.26. The first kappa shape index (κ1) is 19.8. The molecule has 0 aliphatic carbocycles. The monoisotopic (exact) mass is 372 g/mol. The van der Waals surface area contributed by atoms with Gasteiger partial charge in [-0.05, 0) is 42.0 Å². The van der Waals surface area contributed by atoms with Crippen LogP contribution in [0.5, 0.6) is 23.0 Å². The lowest BCUT2D eigenvalue weighted by atomic mass is 10.1. The van der Waals surface area contributed by atoms with Crippen LogP contribution in [0.25, 0.3) is 6.08 Å². The van der Waals surface area contributed by atoms with Gasteiger partial charge in [-0.1, -0.05) is 6.07 Å². The number of hydrogen-bond donors (Lipinski definition) is 1. The van der Waals surface area contributed by atoms with Crippen molar-refractivity contribution >= 4 is 17.8 Å². The van der Waals surface area contributed by atoms with Crippen molar-refractivity contribution in [1.29, 1.82) is 0 Å². The van der Waals surface area contributed by atoms with Gasteiger partial charge in [0.2, 0.25) is 5.78 Å². The van der Waals surface area contributed by atoms with Crippen LogP contribution < -0.4 is 14.2 Å². The Morgan fingerprint density at radius 3 is 2.37 bits per heavy atom. The first-order valence-electron chi connectivity index (χ1n) is 7.95. The Labute approximate surface area is 156 Å². The van der Waals surface area contributed by atoms with Gasteiger partial charge in [-0.15, -0.1) is 0 Å². The van der Waals surface area contributed by atoms with Gasteiger partial charge in [-0.3, -0.25) is 4.79 Å². The van der Waals surface area contributed by atoms with Gasteiger partial charge in [-0.2, -0.15) is 0 Å². The normalized spacial score (nSPS) is 10.5. The van der Waals surface area contributed by atoms with Gasteiger partial charge in [0.15, 0.2) is 18.1 Å². The molecule has 0 amide bonds. The summed E-state index contributed by atoms with van der Waals surface area (Å²) in [6, 6.07) is 9.40. The number of ketones is 1. The molecule has 7 nitrogen and oxygen atoms in total. The van der Waals surface area contributed by atoms with Crippen LogP contribution in [0, 0.1) is 0 Å². The molecule has 2 aromatic rings. The summed E-state index contributed by atoms with van der Waals surface area (Å²) in [5, 5.41) is 9.55. The van der Waals surface area contributed by atoms with Crippen molar-refractivity contribution in [3.63, 3.8) is 0 Å². The molecule has 0 bridgehead atoms. The molecule has 0 saturated carbocycles. The van der Waals surface area contributed by atoms with Crippen LogP contribution in [0.15, 0.2) is 42.5 Å². The van der Waals surface area contributed by atoms with Crippen molar-refractivity contribution in [2.75, 3.05) is 27.9 Å². The Morgan fingerprint density at radius 1 is 0.963 bits per heavy atom. The van der Waals surface area contributed by atoms with E-state index in [-0.39, 0.29) is 17.1 Å². The molecule has 0 aromatic heterocycles. The second kappa shape index (κ2) is 9.28. The number of rotatable bonds is 8. The molecule has 2 rings (SSSR count). The number of esters is 1. The Morgan fingerprint density at radius 2 is 1.70 bits per heavy atom. The van der Waals surface area contributed by atoms with Crippen LogP contribution in [0.1, 0.15) is 15.9 Å². The van der Waals surface area contributed by atoms with Crippen molar-refractivity contribution < 1.29 is 33.6 Å². The molecule has 0 fully saturated rings. The number of aromatic hydroxyl groups is 1. The molecule has 0 saturated heterocycles. The van der Waals surface area contributed by atoms with Crippen LogP contribution in [0.2, 0.25) is 0 Å². The van der Waals surface area contributed by atoms with E-state index >= 15 is 0 Å². The second-order valence-electron chi connectivity index (χ2n) is 5.36. The molecule has 1 N–H and O–H groups in total. The van der Waals surface area contributed by atoms with E-state index in [0.717, 1.165) is 0 Å². The largest absolute Gasteiger partial charge is 0.504 e. The highest BCUT2D eigenvalue weighted by atomic mass is 16.5. The lowest BCUT2D eigenvalue weighted by molar-refractivity contribution is -0.136. The van der Waals surface area contributed by atoms with Gasteiger partial charge >= 0.3 is 5.97 Å². The predicted octanol–water partition coefficient (Wildman–Crippen LogP) is 2.86. The van der Waals surface area contributed by atoms with E-state index in [2.05, 4.69) is 0 Å². The first-order chi connectivity index (χ1) is 13.0. The van der Waals surface area contributed by atoms with E-state index in [0.29, 0.717) is 17.1 Å². The Bertz CT molecular complexity index is 855. The standard InChI is InChI=1S/C20H20O7/c1-24-14-6-8-18(25-2)15(11-14)17(22)12-27-20(23)9-5-13-4-7-16(21)19(10-13)26-3/h4-11,21H,12H2,1-3H3/b9-5+. The van der Waals surface area contributed by atoms with Crippen molar-refractivity contribution in [1.82, 2.24) is 0 Å². The second-order valence-corrected chi connectivity index (χ2v) is 5.36. The van der Waals surface area contributed by atoms with Gasteiger partial charge in [0.1, 0.15) is 11.5 Å². The highest BCUT2D eigenvalue weighted by Gasteiger charge is 2.15. The minimum atomic E-state index is -0.683. The third-order valence-corrected chi connectivity index (χ3v) is 3.67. The zero-order chi connectivity index (χ0) is 19.8. The van der Waals surface area contributed by atoms with E-state index in [4.69, 9.17) is 18.9 Å². The average molecular weight is 372 g/mol. The summed E-state index contributed by atoms with van der Waals surface area (Å²) >= 11 is 0. The van der Waals surface area contributed by atoms with Gasteiger partial charge in [0, 0.05) is 6.08 Å². The Hall–Kier alpha value is -3.48. The predicted molar refractivity (Wildman–Crippen MR) is 98.5 cm³/mol. The van der Waals surface area contributed by atoms with Crippen LogP contribution in [-0.2, 0) is 9.53 Å². The summed E-state index contributed by atoms with van der Waals surface area (Å²) in [7, 11) is 4.35. The van der Waals surface area contributed by atoms with E-state index < -0.39 is 18.4 Å². The summed E-state index contributed by atoms with van der Waals surface area (Å²) < 4.78 is 20.2. The van der Waals surface area contributed by atoms with Gasteiger partial charge in [-0.25, -0.2) is 4.79 Å². The zero-order valence-electron chi connectivity index (χ0n) is 15.2. The number of ether oxygens (including phenoxy) is 4. The lowest BCUT2D eigenvalue weighted by Gasteiger charge is -2.09. The van der Waals surface area contributed by atoms with Gasteiger partial charge in [0.25, 0.3) is 0 Å². The molecule has 0 heterocycles. The topological polar surface area (TPSA) is 91.3 Å². The molecule has 0 aliphatic heterocycles. The number of hydrogen-bond acceptors (Lipinski definition) is 7. The fraction of sp³-hybridized carbons (Fsp3) is 0.200. The van der Waals surface area contributed by atoms with E-state index in [9.17, 15) is 14.7 Å². The maximum absolute atomic E-state index is 12.3. The van der Waals surface area contributed by atoms with E-state index in [1.54, 1.807) is 24.3 Å². The SMILES string of the molecule is COc1ccc(OC)c(C(=O)COC(=O)/C=C/c2ccc(O)c(OC)c2)c1. The summed E-state index contributed by atoms with van der Waals surface area (Å²) in [5.74, 6) is 0.0344. The smallest absolute Gasteiger partial charge is 0.331 e. The number of Topliss-reactive ketones (excluding diaryl/α,β-unsaturated/α-hetero) is 1. The Balaban J connectivity index is 2.00. The molecule has 7 heteroatoms. The van der Waals surface area contributed by atoms with E-state index in [1.165, 1.54) is 45.6 Å². The number of benzene rings is 2. The summed E-state index contributed by atoms with van der Waals surface area (Å²) in [4.78, 5) is 24.2. The quantitative estimate of drug-likeness (QED) is 0.433. The first-order valence-corrected chi connectivity index (χ1v) is 7.95. The molecule has 0 unspecified atom stereocenters. The third kappa shape index (κ3) is 5.24. The fourth-order valence-corrected chi connectivity index (χ4v) is 2.26. The minimum absolute atomic E-state index is 0.00457. The molecule has 27 heavy (non-hydrogen) atoms. The van der Waals surface area contributed by atoms with Gasteiger partial charge < -0.3 is 24.1 Å². The number of carbonyl (C=O) groups excluding carboxylic acids is 2.